The summed E-state index contributed by atoms with van der Waals surface area (Å²) in [4.78, 5) is 10.7. The van der Waals surface area contributed by atoms with Gasteiger partial charge in [-0.15, -0.1) is 0 Å². The number of aromatic nitrogens is 2. The van der Waals surface area contributed by atoms with E-state index in [0.717, 1.165) is 5.69 Å². The van der Waals surface area contributed by atoms with Gasteiger partial charge < -0.3 is 25.4 Å². The van der Waals surface area contributed by atoms with Crippen LogP contribution < -0.4 is 16.0 Å². The molecule has 1 aromatic heterocycles. The lowest BCUT2D eigenvalue weighted by Crippen LogP contribution is -2.32. The van der Waals surface area contributed by atoms with Crippen molar-refractivity contribution in [2.45, 2.75) is 19.8 Å². The molecule has 142 valence electrons. The van der Waals surface area contributed by atoms with Gasteiger partial charge >= 0.3 is 0 Å². The summed E-state index contributed by atoms with van der Waals surface area (Å²) in [5.74, 6) is 1.76. The van der Waals surface area contributed by atoms with Crippen molar-refractivity contribution in [1.82, 2.24) is 9.97 Å². The number of nitrogens with zero attached hydrogens (tertiary/aromatic N) is 3. The van der Waals surface area contributed by atoms with Gasteiger partial charge in [-0.2, -0.15) is 0 Å². The van der Waals surface area contributed by atoms with Crippen molar-refractivity contribution in [3.05, 3.63) is 36.2 Å². The van der Waals surface area contributed by atoms with Crippen molar-refractivity contribution in [3.8, 4) is 0 Å². The number of ether oxygens (including phenoxy) is 2. The first-order chi connectivity index (χ1) is 12.6. The summed E-state index contributed by atoms with van der Waals surface area (Å²) < 4.78 is 10.4. The maximum absolute atomic E-state index is 6.34. The van der Waals surface area contributed by atoms with Crippen molar-refractivity contribution in [2.24, 2.45) is 0 Å². The minimum Gasteiger partial charge on any atom is -0.393 e. The second-order valence-corrected chi connectivity index (χ2v) is 6.33. The predicted molar refractivity (Wildman–Crippen MR) is 106 cm³/mol. The molecular formula is C19H29N5O2. The lowest BCUT2D eigenvalue weighted by molar-refractivity contribution is 0.190. The highest BCUT2D eigenvalue weighted by atomic mass is 16.5. The lowest BCUT2D eigenvalue weighted by atomic mass is 10.0. The molecule has 0 atom stereocenters. The average Bonchev–Trinajstić information content (AvgIpc) is 2.64. The number of anilines is 4. The van der Waals surface area contributed by atoms with Crippen LogP contribution in [0.3, 0.4) is 0 Å². The third kappa shape index (κ3) is 5.31. The number of hydrogen-bond acceptors (Lipinski definition) is 7. The summed E-state index contributed by atoms with van der Waals surface area (Å²) in [7, 11) is 3.34. The minimum absolute atomic E-state index is 0.495. The zero-order chi connectivity index (χ0) is 18.9. The third-order valence-corrected chi connectivity index (χ3v) is 4.13. The smallest absolute Gasteiger partial charge is 0.159 e. The summed E-state index contributed by atoms with van der Waals surface area (Å²) in [6.07, 6.45) is 1.52. The number of benzene rings is 1. The molecular weight excluding hydrogens is 330 g/mol. The first-order valence-electron chi connectivity index (χ1n) is 8.77. The summed E-state index contributed by atoms with van der Waals surface area (Å²) >= 11 is 0. The van der Waals surface area contributed by atoms with E-state index in [1.807, 2.05) is 17.0 Å². The number of methoxy groups -OCH3 is 2. The molecule has 0 aliphatic rings. The molecule has 0 aliphatic heterocycles. The van der Waals surface area contributed by atoms with Crippen molar-refractivity contribution >= 4 is 23.0 Å². The Morgan fingerprint density at radius 3 is 2.19 bits per heavy atom. The van der Waals surface area contributed by atoms with Gasteiger partial charge in [-0.05, 0) is 23.6 Å². The quantitative estimate of drug-likeness (QED) is 0.674. The van der Waals surface area contributed by atoms with Gasteiger partial charge in [0.2, 0.25) is 0 Å². The molecule has 0 amide bonds. The summed E-state index contributed by atoms with van der Waals surface area (Å²) in [5, 5.41) is 3.28. The monoisotopic (exact) mass is 359 g/mol. The highest BCUT2D eigenvalue weighted by Crippen LogP contribution is 2.29. The van der Waals surface area contributed by atoms with Gasteiger partial charge in [0.05, 0.1) is 13.2 Å². The largest absolute Gasteiger partial charge is 0.393 e. The molecule has 0 fully saturated rings. The molecule has 2 aromatic rings. The number of nitrogen functional groups attached to an aromatic ring is 1. The Kier molecular flexibility index (Phi) is 7.62. The highest BCUT2D eigenvalue weighted by Gasteiger charge is 2.15. The van der Waals surface area contributed by atoms with E-state index >= 15 is 0 Å². The van der Waals surface area contributed by atoms with Crippen LogP contribution in [0.4, 0.5) is 23.0 Å². The van der Waals surface area contributed by atoms with E-state index in [-0.39, 0.29) is 0 Å². The molecule has 0 saturated heterocycles. The fourth-order valence-electron chi connectivity index (χ4n) is 2.55. The van der Waals surface area contributed by atoms with Crippen LogP contribution in [0.25, 0.3) is 0 Å². The number of nitrogens with one attached hydrogen (secondary N) is 1. The standard InChI is InChI=1S/C19H29N5O2/c1-14(2)15-5-7-16(8-6-15)23-18-17(20)19(22-13-21-18)24(9-11-25-3)10-12-26-4/h5-8,13-14H,9-12,20H2,1-4H3,(H,21,22,23). The van der Waals surface area contributed by atoms with Crippen LogP contribution in [0.1, 0.15) is 25.3 Å². The van der Waals surface area contributed by atoms with Gasteiger partial charge in [-0.3, -0.25) is 0 Å². The molecule has 0 radical (unpaired) electrons. The van der Waals surface area contributed by atoms with Crippen LogP contribution in [0.15, 0.2) is 30.6 Å². The molecule has 0 spiro atoms. The molecule has 0 saturated carbocycles. The SMILES string of the molecule is COCCN(CCOC)c1ncnc(Nc2ccc(C(C)C)cc2)c1N. The Bertz CT molecular complexity index is 668. The van der Waals surface area contributed by atoms with Crippen LogP contribution >= 0.6 is 0 Å². The molecule has 0 unspecified atom stereocenters. The summed E-state index contributed by atoms with van der Waals surface area (Å²) in [5.41, 5.74) is 9.08. The second kappa shape index (κ2) is 9.94. The van der Waals surface area contributed by atoms with Gasteiger partial charge in [0.25, 0.3) is 0 Å². The van der Waals surface area contributed by atoms with Gasteiger partial charge in [-0.1, -0.05) is 26.0 Å². The van der Waals surface area contributed by atoms with Crippen LogP contribution in [-0.4, -0.2) is 50.5 Å². The van der Waals surface area contributed by atoms with E-state index in [9.17, 15) is 0 Å². The van der Waals surface area contributed by atoms with Crippen LogP contribution in [0, 0.1) is 0 Å². The fourth-order valence-corrected chi connectivity index (χ4v) is 2.55. The molecule has 7 heteroatoms. The van der Waals surface area contributed by atoms with E-state index in [4.69, 9.17) is 15.2 Å². The molecule has 7 nitrogen and oxygen atoms in total. The van der Waals surface area contributed by atoms with Crippen LogP contribution in [-0.2, 0) is 9.47 Å². The van der Waals surface area contributed by atoms with Crippen molar-refractivity contribution in [2.75, 3.05) is 56.5 Å². The first kappa shape index (κ1) is 19.9. The molecule has 26 heavy (non-hydrogen) atoms. The molecule has 1 aromatic carbocycles. The van der Waals surface area contributed by atoms with E-state index in [0.29, 0.717) is 49.5 Å². The Balaban J connectivity index is 2.20. The van der Waals surface area contributed by atoms with Crippen LogP contribution in [0.2, 0.25) is 0 Å². The zero-order valence-corrected chi connectivity index (χ0v) is 16.0. The second-order valence-electron chi connectivity index (χ2n) is 6.33. The Morgan fingerprint density at radius 2 is 1.65 bits per heavy atom. The predicted octanol–water partition coefficient (Wildman–Crippen LogP) is 3.03. The Labute approximate surface area is 155 Å². The molecule has 2 rings (SSSR count). The summed E-state index contributed by atoms with van der Waals surface area (Å²) in [6, 6.07) is 8.28. The Hall–Kier alpha value is -2.38. The average molecular weight is 359 g/mol. The van der Waals surface area contributed by atoms with E-state index in [2.05, 4.69) is 41.3 Å². The Morgan fingerprint density at radius 1 is 1.04 bits per heavy atom. The number of hydrogen-bond donors (Lipinski definition) is 2. The fraction of sp³-hybridized carbons (Fsp3) is 0.474. The third-order valence-electron chi connectivity index (χ3n) is 4.13. The van der Waals surface area contributed by atoms with Gasteiger partial charge in [0.15, 0.2) is 11.6 Å². The highest BCUT2D eigenvalue weighted by molar-refractivity contribution is 5.78. The molecule has 0 bridgehead atoms. The van der Waals surface area contributed by atoms with Crippen molar-refractivity contribution in [3.63, 3.8) is 0 Å². The maximum atomic E-state index is 6.34. The molecule has 1 heterocycles. The van der Waals surface area contributed by atoms with Gasteiger partial charge in [0, 0.05) is 33.0 Å². The van der Waals surface area contributed by atoms with E-state index < -0.39 is 0 Å². The topological polar surface area (TPSA) is 85.5 Å². The van der Waals surface area contributed by atoms with Crippen LogP contribution in [0.5, 0.6) is 0 Å². The van der Waals surface area contributed by atoms with E-state index in [1.54, 1.807) is 14.2 Å². The van der Waals surface area contributed by atoms with Crippen molar-refractivity contribution < 1.29 is 9.47 Å². The maximum Gasteiger partial charge on any atom is 0.159 e. The minimum atomic E-state index is 0.495. The van der Waals surface area contributed by atoms with E-state index in [1.165, 1.54) is 11.9 Å². The number of nitrogens with two attached hydrogens (primary N) is 1. The molecule has 0 aliphatic carbocycles. The van der Waals surface area contributed by atoms with Gasteiger partial charge in [0.1, 0.15) is 12.0 Å². The zero-order valence-electron chi connectivity index (χ0n) is 16.0. The molecule has 3 N–H and O–H groups in total. The number of rotatable bonds is 10. The van der Waals surface area contributed by atoms with Gasteiger partial charge in [-0.25, -0.2) is 9.97 Å². The summed E-state index contributed by atoms with van der Waals surface area (Å²) in [6.45, 7) is 6.84. The lowest BCUT2D eigenvalue weighted by Gasteiger charge is -2.25. The first-order valence-corrected chi connectivity index (χ1v) is 8.77. The van der Waals surface area contributed by atoms with Crippen molar-refractivity contribution in [1.29, 1.82) is 0 Å². The normalized spacial score (nSPS) is 11.0.